The third kappa shape index (κ3) is 3.64. The average molecular weight is 382 g/mol. The van der Waals surface area contributed by atoms with Crippen LogP contribution in [0.1, 0.15) is 49.7 Å². The van der Waals surface area contributed by atoms with Crippen LogP contribution in [0.4, 0.5) is 0 Å². The van der Waals surface area contributed by atoms with Crippen molar-refractivity contribution in [1.82, 2.24) is 10.9 Å². The second kappa shape index (κ2) is 7.36. The highest BCUT2D eigenvalue weighted by Crippen LogP contribution is 2.28. The fourth-order valence-corrected chi connectivity index (χ4v) is 4.39. The zero-order valence-corrected chi connectivity index (χ0v) is 15.4. The molecule has 138 valence electrons. The van der Waals surface area contributed by atoms with Gasteiger partial charge in [-0.15, -0.1) is 11.3 Å². The van der Waals surface area contributed by atoms with Crippen LogP contribution in [0.15, 0.2) is 45.6 Å². The Labute approximate surface area is 159 Å². The van der Waals surface area contributed by atoms with Crippen molar-refractivity contribution in [1.29, 1.82) is 0 Å². The zero-order valence-electron chi connectivity index (χ0n) is 14.5. The number of rotatable bonds is 2. The van der Waals surface area contributed by atoms with E-state index in [0.717, 1.165) is 25.7 Å². The van der Waals surface area contributed by atoms with E-state index >= 15 is 0 Å². The summed E-state index contributed by atoms with van der Waals surface area (Å²) < 4.78 is 5.15. The van der Waals surface area contributed by atoms with E-state index in [1.54, 1.807) is 24.3 Å². The summed E-state index contributed by atoms with van der Waals surface area (Å²) in [5.74, 6) is -1.09. The molecule has 27 heavy (non-hydrogen) atoms. The van der Waals surface area contributed by atoms with Gasteiger partial charge in [-0.2, -0.15) is 0 Å². The number of hydrogen-bond acceptors (Lipinski definition) is 5. The molecular formula is C20H18N2O4S. The first-order valence-electron chi connectivity index (χ1n) is 8.87. The van der Waals surface area contributed by atoms with E-state index in [4.69, 9.17) is 4.42 Å². The number of hydrazine groups is 1. The minimum absolute atomic E-state index is 0.157. The quantitative estimate of drug-likeness (QED) is 0.405. The average Bonchev–Trinajstić information content (AvgIpc) is 2.96. The van der Waals surface area contributed by atoms with Gasteiger partial charge >= 0.3 is 5.63 Å². The van der Waals surface area contributed by atoms with Gasteiger partial charge < -0.3 is 4.42 Å². The van der Waals surface area contributed by atoms with Crippen LogP contribution in [-0.2, 0) is 12.8 Å². The number of carbonyl (C=O) groups is 2. The second-order valence-electron chi connectivity index (χ2n) is 6.51. The van der Waals surface area contributed by atoms with Crippen LogP contribution in [0, 0.1) is 0 Å². The van der Waals surface area contributed by atoms with E-state index in [9.17, 15) is 14.4 Å². The maximum absolute atomic E-state index is 12.4. The molecule has 1 aliphatic rings. The third-order valence-corrected chi connectivity index (χ3v) is 5.88. The Kier molecular flexibility index (Phi) is 4.77. The van der Waals surface area contributed by atoms with Crippen LogP contribution in [-0.4, -0.2) is 11.8 Å². The minimum Gasteiger partial charge on any atom is -0.422 e. The Hall–Kier alpha value is -2.93. The molecule has 0 fully saturated rings. The summed E-state index contributed by atoms with van der Waals surface area (Å²) in [5.41, 5.74) is 5.42. The number of hydrogen-bond donors (Lipinski definition) is 2. The molecule has 2 amide bonds. The normalized spacial score (nSPS) is 13.6. The van der Waals surface area contributed by atoms with Crippen molar-refractivity contribution < 1.29 is 14.0 Å². The van der Waals surface area contributed by atoms with E-state index in [1.165, 1.54) is 34.3 Å². The molecule has 2 heterocycles. The highest BCUT2D eigenvalue weighted by molar-refractivity contribution is 7.14. The van der Waals surface area contributed by atoms with Gasteiger partial charge in [0.25, 0.3) is 11.8 Å². The summed E-state index contributed by atoms with van der Waals surface area (Å²) in [6.07, 6.45) is 5.48. The van der Waals surface area contributed by atoms with E-state index in [1.807, 2.05) is 6.07 Å². The molecule has 3 aromatic rings. The fraction of sp³-hybridized carbons (Fsp3) is 0.250. The summed E-state index contributed by atoms with van der Waals surface area (Å²) in [4.78, 5) is 38.5. The molecule has 2 aromatic heterocycles. The lowest BCUT2D eigenvalue weighted by atomic mass is 10.1. The van der Waals surface area contributed by atoms with Gasteiger partial charge in [0.15, 0.2) is 0 Å². The van der Waals surface area contributed by atoms with Gasteiger partial charge in [-0.3, -0.25) is 20.4 Å². The van der Waals surface area contributed by atoms with Gasteiger partial charge in [-0.1, -0.05) is 24.6 Å². The molecule has 0 bridgehead atoms. The predicted octanol–water partition coefficient (Wildman–Crippen LogP) is 3.20. The van der Waals surface area contributed by atoms with Crippen molar-refractivity contribution in [2.24, 2.45) is 0 Å². The summed E-state index contributed by atoms with van der Waals surface area (Å²) in [6, 6.07) is 10.3. The van der Waals surface area contributed by atoms with Gasteiger partial charge in [0.2, 0.25) is 0 Å². The summed E-state index contributed by atoms with van der Waals surface area (Å²) >= 11 is 1.47. The predicted molar refractivity (Wildman–Crippen MR) is 103 cm³/mol. The molecule has 1 aliphatic carbocycles. The smallest absolute Gasteiger partial charge is 0.349 e. The molecule has 0 saturated carbocycles. The Balaban J connectivity index is 1.47. The molecule has 0 atom stereocenters. The van der Waals surface area contributed by atoms with E-state index in [0.29, 0.717) is 15.8 Å². The largest absolute Gasteiger partial charge is 0.422 e. The maximum atomic E-state index is 12.4. The number of benzene rings is 1. The Morgan fingerprint density at radius 1 is 0.963 bits per heavy atom. The zero-order chi connectivity index (χ0) is 18.8. The number of para-hydroxylation sites is 1. The minimum atomic E-state index is -0.747. The van der Waals surface area contributed by atoms with Crippen LogP contribution in [0.25, 0.3) is 11.0 Å². The van der Waals surface area contributed by atoms with Crippen LogP contribution >= 0.6 is 11.3 Å². The maximum Gasteiger partial charge on any atom is 0.349 e. The van der Waals surface area contributed by atoms with E-state index < -0.39 is 11.5 Å². The number of fused-ring (bicyclic) bond motifs is 2. The number of carbonyl (C=O) groups excluding carboxylic acids is 2. The van der Waals surface area contributed by atoms with Crippen molar-refractivity contribution in [3.63, 3.8) is 0 Å². The molecular weight excluding hydrogens is 364 g/mol. The van der Waals surface area contributed by atoms with Crippen LogP contribution in [0.2, 0.25) is 0 Å². The fourth-order valence-electron chi connectivity index (χ4n) is 3.24. The Morgan fingerprint density at radius 3 is 2.63 bits per heavy atom. The number of nitrogens with one attached hydrogen (secondary N) is 2. The monoisotopic (exact) mass is 382 g/mol. The number of amides is 2. The molecule has 0 saturated heterocycles. The van der Waals surface area contributed by atoms with Crippen LogP contribution in [0.3, 0.4) is 0 Å². The molecule has 0 unspecified atom stereocenters. The molecule has 4 rings (SSSR count). The Bertz CT molecular complexity index is 1060. The standard InChI is InChI=1S/C20H18N2O4S/c23-18(14-10-12-6-4-5-8-15(12)26-20(14)25)21-22-19(24)17-11-13-7-2-1-3-9-16(13)27-17/h4-6,8,10-11H,1-3,7,9H2,(H,21,23)(H,22,24). The first-order chi connectivity index (χ1) is 13.1. The topological polar surface area (TPSA) is 88.4 Å². The molecule has 0 spiro atoms. The third-order valence-electron chi connectivity index (χ3n) is 4.65. The highest BCUT2D eigenvalue weighted by Gasteiger charge is 2.18. The molecule has 0 radical (unpaired) electrons. The summed E-state index contributed by atoms with van der Waals surface area (Å²) in [7, 11) is 0. The van der Waals surface area contributed by atoms with E-state index in [-0.39, 0.29) is 11.5 Å². The number of aryl methyl sites for hydroxylation is 2. The first-order valence-corrected chi connectivity index (χ1v) is 9.68. The Morgan fingerprint density at radius 2 is 1.74 bits per heavy atom. The van der Waals surface area contributed by atoms with Crippen molar-refractivity contribution in [2.45, 2.75) is 32.1 Å². The highest BCUT2D eigenvalue weighted by atomic mass is 32.1. The second-order valence-corrected chi connectivity index (χ2v) is 7.65. The SMILES string of the molecule is O=C(NNC(=O)c1cc2ccccc2oc1=O)c1cc2c(s1)CCCCC2. The van der Waals surface area contributed by atoms with Crippen LogP contribution < -0.4 is 16.5 Å². The molecule has 2 N–H and O–H groups in total. The molecule has 1 aromatic carbocycles. The first kappa shape index (κ1) is 17.5. The van der Waals surface area contributed by atoms with Crippen molar-refractivity contribution in [2.75, 3.05) is 0 Å². The van der Waals surface area contributed by atoms with Gasteiger partial charge in [-0.05, 0) is 49.4 Å². The van der Waals surface area contributed by atoms with Crippen molar-refractivity contribution >= 4 is 34.1 Å². The van der Waals surface area contributed by atoms with Crippen molar-refractivity contribution in [3.05, 3.63) is 67.7 Å². The van der Waals surface area contributed by atoms with Gasteiger partial charge in [0, 0.05) is 10.3 Å². The molecule has 6 nitrogen and oxygen atoms in total. The lowest BCUT2D eigenvalue weighted by Gasteiger charge is -2.06. The van der Waals surface area contributed by atoms with Gasteiger partial charge in [0.1, 0.15) is 11.1 Å². The lowest BCUT2D eigenvalue weighted by molar-refractivity contribution is 0.0846. The molecule has 7 heteroatoms. The summed E-state index contributed by atoms with van der Waals surface area (Å²) in [6.45, 7) is 0. The lowest BCUT2D eigenvalue weighted by Crippen LogP contribution is -2.42. The molecule has 0 aliphatic heterocycles. The van der Waals surface area contributed by atoms with Crippen LogP contribution in [0.5, 0.6) is 0 Å². The number of thiophene rings is 1. The van der Waals surface area contributed by atoms with Crippen molar-refractivity contribution in [3.8, 4) is 0 Å². The summed E-state index contributed by atoms with van der Waals surface area (Å²) in [5, 5.41) is 0.635. The van der Waals surface area contributed by atoms with Gasteiger partial charge in [-0.25, -0.2) is 4.79 Å². The van der Waals surface area contributed by atoms with Gasteiger partial charge in [0.05, 0.1) is 4.88 Å². The van der Waals surface area contributed by atoms with E-state index in [2.05, 4.69) is 10.9 Å².